The summed E-state index contributed by atoms with van der Waals surface area (Å²) in [7, 11) is -2.57. The average molecular weight is 526 g/mol. The van der Waals surface area contributed by atoms with Gasteiger partial charge in [-0.1, -0.05) is 18.2 Å². The van der Waals surface area contributed by atoms with E-state index in [9.17, 15) is 26.4 Å². The molecule has 0 aromatic heterocycles. The second-order valence-electron chi connectivity index (χ2n) is 9.18. The van der Waals surface area contributed by atoms with Crippen LogP contribution in [0.2, 0.25) is 0 Å². The topological polar surface area (TPSA) is 79.0 Å². The molecule has 2 aromatic rings. The lowest BCUT2D eigenvalue weighted by Gasteiger charge is -2.39. The van der Waals surface area contributed by atoms with Gasteiger partial charge < -0.3 is 15.0 Å². The van der Waals surface area contributed by atoms with Crippen LogP contribution in [-0.4, -0.2) is 62.4 Å². The molecule has 1 unspecified atom stereocenters. The van der Waals surface area contributed by atoms with Gasteiger partial charge in [0.05, 0.1) is 24.1 Å². The van der Waals surface area contributed by atoms with Crippen LogP contribution in [0.5, 0.6) is 5.75 Å². The summed E-state index contributed by atoms with van der Waals surface area (Å²) in [5, 5.41) is 3.12. The van der Waals surface area contributed by atoms with E-state index < -0.39 is 27.8 Å². The number of likely N-dealkylation sites (tertiary alicyclic amines) is 1. The van der Waals surface area contributed by atoms with Gasteiger partial charge in [-0.25, -0.2) is 8.42 Å². The SMILES string of the molecule is COc1ccc(CNCC(=O)N2CCCC(N(C3CC3)S(=O)(=O)c3cccc(C(F)(F)F)c3)C2)cc1. The molecule has 1 amide bonds. The summed E-state index contributed by atoms with van der Waals surface area (Å²) in [5.41, 5.74) is -0.00471. The fourth-order valence-electron chi connectivity index (χ4n) is 4.53. The number of amides is 1. The number of methoxy groups -OCH3 is 1. The highest BCUT2D eigenvalue weighted by Crippen LogP contribution is 2.38. The monoisotopic (exact) mass is 525 g/mol. The zero-order valence-electron chi connectivity index (χ0n) is 20.0. The number of carbonyl (C=O) groups is 1. The Bertz CT molecular complexity index is 1170. The minimum absolute atomic E-state index is 0.0998. The quantitative estimate of drug-likeness (QED) is 0.541. The van der Waals surface area contributed by atoms with E-state index in [1.54, 1.807) is 12.0 Å². The standard InChI is InChI=1S/C25H30F3N3O4S/c1-35-22-11-7-18(8-12-22)15-29-16-24(32)30-13-3-5-21(17-30)31(20-9-10-20)36(33,34)23-6-2-4-19(14-23)25(26,27)28/h2,4,6-8,11-12,14,20-21,29H,3,5,9-10,13,15-17H2,1H3. The molecule has 1 N–H and O–H groups in total. The third-order valence-electron chi connectivity index (χ3n) is 6.52. The maximum absolute atomic E-state index is 13.5. The summed E-state index contributed by atoms with van der Waals surface area (Å²) in [6.07, 6.45) is -2.14. The Labute approximate surface area is 209 Å². The number of piperidine rings is 1. The number of ether oxygens (including phenoxy) is 1. The van der Waals surface area contributed by atoms with Crippen LogP contribution < -0.4 is 10.1 Å². The highest BCUT2D eigenvalue weighted by Gasteiger charge is 2.44. The van der Waals surface area contributed by atoms with Gasteiger partial charge in [0.2, 0.25) is 15.9 Å². The molecule has 0 bridgehead atoms. The maximum atomic E-state index is 13.5. The molecule has 196 valence electrons. The second-order valence-corrected chi connectivity index (χ2v) is 11.0. The van der Waals surface area contributed by atoms with Crippen LogP contribution in [0.15, 0.2) is 53.4 Å². The number of hydrogen-bond acceptors (Lipinski definition) is 5. The van der Waals surface area contributed by atoms with E-state index in [1.807, 2.05) is 24.3 Å². The van der Waals surface area contributed by atoms with Gasteiger partial charge in [0.15, 0.2) is 0 Å². The molecule has 1 aliphatic carbocycles. The van der Waals surface area contributed by atoms with E-state index in [-0.39, 0.29) is 29.9 Å². The first-order chi connectivity index (χ1) is 17.1. The van der Waals surface area contributed by atoms with Crippen LogP contribution in [0.3, 0.4) is 0 Å². The van der Waals surface area contributed by atoms with Crippen LogP contribution >= 0.6 is 0 Å². The van der Waals surface area contributed by atoms with Crippen molar-refractivity contribution in [3.63, 3.8) is 0 Å². The fraction of sp³-hybridized carbons (Fsp3) is 0.480. The molecule has 1 aliphatic heterocycles. The zero-order chi connectivity index (χ0) is 25.9. The maximum Gasteiger partial charge on any atom is 0.416 e. The minimum atomic E-state index is -4.64. The number of benzene rings is 2. The van der Waals surface area contributed by atoms with Crippen molar-refractivity contribution in [3.8, 4) is 5.75 Å². The van der Waals surface area contributed by atoms with Crippen molar-refractivity contribution in [2.75, 3.05) is 26.7 Å². The molecule has 1 atom stereocenters. The number of halogens is 3. The van der Waals surface area contributed by atoms with Gasteiger partial charge in [0.25, 0.3) is 0 Å². The minimum Gasteiger partial charge on any atom is -0.497 e. The first-order valence-corrected chi connectivity index (χ1v) is 13.4. The Morgan fingerprint density at radius 2 is 1.83 bits per heavy atom. The molecule has 4 rings (SSSR count). The van der Waals surface area contributed by atoms with Crippen molar-refractivity contribution in [3.05, 3.63) is 59.7 Å². The molecule has 2 aliphatic rings. The number of nitrogens with one attached hydrogen (secondary N) is 1. The smallest absolute Gasteiger partial charge is 0.416 e. The Morgan fingerprint density at radius 3 is 2.47 bits per heavy atom. The molecule has 1 saturated carbocycles. The van der Waals surface area contributed by atoms with Gasteiger partial charge in [0.1, 0.15) is 5.75 Å². The molecule has 1 heterocycles. The van der Waals surface area contributed by atoms with Crippen LogP contribution in [0, 0.1) is 0 Å². The summed E-state index contributed by atoms with van der Waals surface area (Å²) in [6, 6.07) is 10.6. The van der Waals surface area contributed by atoms with E-state index in [0.29, 0.717) is 44.8 Å². The van der Waals surface area contributed by atoms with Crippen molar-refractivity contribution in [2.45, 2.75) is 55.4 Å². The lowest BCUT2D eigenvalue weighted by atomic mass is 10.1. The van der Waals surface area contributed by atoms with Crippen molar-refractivity contribution in [1.82, 2.24) is 14.5 Å². The summed E-state index contributed by atoms with van der Waals surface area (Å²) in [5.74, 6) is 0.606. The Balaban J connectivity index is 1.42. The van der Waals surface area contributed by atoms with E-state index >= 15 is 0 Å². The number of nitrogens with zero attached hydrogens (tertiary/aromatic N) is 2. The van der Waals surface area contributed by atoms with Gasteiger partial charge in [-0.15, -0.1) is 0 Å². The largest absolute Gasteiger partial charge is 0.497 e. The number of hydrogen-bond donors (Lipinski definition) is 1. The van der Waals surface area contributed by atoms with E-state index in [2.05, 4.69) is 5.32 Å². The second kappa shape index (κ2) is 10.8. The molecule has 0 spiro atoms. The molecule has 1 saturated heterocycles. The third kappa shape index (κ3) is 6.19. The summed E-state index contributed by atoms with van der Waals surface area (Å²) in [6.45, 7) is 1.33. The van der Waals surface area contributed by atoms with Crippen molar-refractivity contribution >= 4 is 15.9 Å². The molecule has 2 aromatic carbocycles. The molecule has 2 fully saturated rings. The van der Waals surface area contributed by atoms with Crippen molar-refractivity contribution < 1.29 is 31.1 Å². The molecule has 11 heteroatoms. The molecular weight excluding hydrogens is 495 g/mol. The summed E-state index contributed by atoms with van der Waals surface area (Å²) >= 11 is 0. The number of sulfonamides is 1. The van der Waals surface area contributed by atoms with Crippen molar-refractivity contribution in [1.29, 1.82) is 0 Å². The van der Waals surface area contributed by atoms with Crippen LogP contribution in [0.4, 0.5) is 13.2 Å². The Kier molecular flexibility index (Phi) is 7.91. The fourth-order valence-corrected chi connectivity index (χ4v) is 6.47. The molecule has 0 radical (unpaired) electrons. The van der Waals surface area contributed by atoms with Gasteiger partial charge >= 0.3 is 6.18 Å². The van der Waals surface area contributed by atoms with Gasteiger partial charge in [0, 0.05) is 31.7 Å². The highest BCUT2D eigenvalue weighted by molar-refractivity contribution is 7.89. The number of carbonyl (C=O) groups excluding carboxylic acids is 1. The van der Waals surface area contributed by atoms with Crippen LogP contribution in [-0.2, 0) is 27.5 Å². The third-order valence-corrected chi connectivity index (χ3v) is 8.52. The van der Waals surface area contributed by atoms with Crippen molar-refractivity contribution in [2.24, 2.45) is 0 Å². The summed E-state index contributed by atoms with van der Waals surface area (Å²) < 4.78 is 73.1. The lowest BCUT2D eigenvalue weighted by molar-refractivity contribution is -0.137. The Hall–Kier alpha value is -2.63. The summed E-state index contributed by atoms with van der Waals surface area (Å²) in [4.78, 5) is 14.1. The molecule has 7 nitrogen and oxygen atoms in total. The van der Waals surface area contributed by atoms with Crippen LogP contribution in [0.25, 0.3) is 0 Å². The normalized spacial score (nSPS) is 18.9. The predicted octanol–water partition coefficient (Wildman–Crippen LogP) is 3.65. The zero-order valence-corrected chi connectivity index (χ0v) is 20.8. The predicted molar refractivity (Wildman–Crippen MR) is 128 cm³/mol. The Morgan fingerprint density at radius 1 is 1.11 bits per heavy atom. The lowest BCUT2D eigenvalue weighted by Crippen LogP contribution is -2.53. The van der Waals surface area contributed by atoms with E-state index in [0.717, 1.165) is 23.4 Å². The first kappa shape index (κ1) is 26.4. The first-order valence-electron chi connectivity index (χ1n) is 11.9. The number of rotatable bonds is 9. The highest BCUT2D eigenvalue weighted by atomic mass is 32.2. The van der Waals surface area contributed by atoms with Crippen LogP contribution in [0.1, 0.15) is 36.8 Å². The van der Waals surface area contributed by atoms with E-state index in [1.165, 1.54) is 10.4 Å². The van der Waals surface area contributed by atoms with Gasteiger partial charge in [-0.2, -0.15) is 17.5 Å². The van der Waals surface area contributed by atoms with Gasteiger partial charge in [-0.3, -0.25) is 4.79 Å². The average Bonchev–Trinajstić information content (AvgIpc) is 3.69. The molecular formula is C25H30F3N3O4S. The number of alkyl halides is 3. The molecule has 36 heavy (non-hydrogen) atoms. The van der Waals surface area contributed by atoms with E-state index in [4.69, 9.17) is 4.74 Å². The van der Waals surface area contributed by atoms with Gasteiger partial charge in [-0.05, 0) is 61.6 Å².